The van der Waals surface area contributed by atoms with Crippen molar-refractivity contribution >= 4 is 32.7 Å². The first-order chi connectivity index (χ1) is 12.5. The van der Waals surface area contributed by atoms with Crippen LogP contribution >= 0.6 is 15.9 Å². The number of pyridine rings is 1. The van der Waals surface area contributed by atoms with Crippen molar-refractivity contribution < 1.29 is 9.53 Å². The van der Waals surface area contributed by atoms with Gasteiger partial charge in [0.05, 0.1) is 5.69 Å². The van der Waals surface area contributed by atoms with Gasteiger partial charge in [-0.25, -0.2) is 0 Å². The van der Waals surface area contributed by atoms with Crippen molar-refractivity contribution in [3.05, 3.63) is 74.6 Å². The molecular weight excluding hydrogens is 394 g/mol. The second-order valence-corrected chi connectivity index (χ2v) is 7.48. The van der Waals surface area contributed by atoms with Gasteiger partial charge >= 0.3 is 5.97 Å². The molecule has 3 aromatic rings. The quantitative estimate of drug-likeness (QED) is 0.584. The molecule has 1 aliphatic carbocycles. The number of benzene rings is 2. The largest absolute Gasteiger partial charge is 0.461 e. The van der Waals surface area contributed by atoms with Gasteiger partial charge in [0.2, 0.25) is 0 Å². The summed E-state index contributed by atoms with van der Waals surface area (Å²) in [6.45, 7) is 1.48. The molecule has 1 saturated carbocycles. The van der Waals surface area contributed by atoms with Crippen LogP contribution in [0.25, 0.3) is 16.5 Å². The van der Waals surface area contributed by atoms with Crippen LogP contribution in [0.1, 0.15) is 36.8 Å². The molecule has 1 fully saturated rings. The van der Waals surface area contributed by atoms with E-state index in [-0.39, 0.29) is 18.1 Å². The molecule has 2 aromatic carbocycles. The van der Waals surface area contributed by atoms with Gasteiger partial charge in [0, 0.05) is 28.5 Å². The fourth-order valence-electron chi connectivity index (χ4n) is 3.22. The average molecular weight is 412 g/mol. The molecule has 5 heteroatoms. The van der Waals surface area contributed by atoms with E-state index in [0.717, 1.165) is 15.4 Å². The molecular formula is C21H18BrNO3. The lowest BCUT2D eigenvalue weighted by Gasteiger charge is -2.14. The Labute approximate surface area is 159 Å². The predicted molar refractivity (Wildman–Crippen MR) is 105 cm³/mol. The molecule has 0 amide bonds. The Bertz CT molecular complexity index is 1070. The lowest BCUT2D eigenvalue weighted by molar-refractivity contribution is -0.142. The minimum Gasteiger partial charge on any atom is -0.461 e. The van der Waals surface area contributed by atoms with Crippen molar-refractivity contribution in [1.82, 2.24) is 4.57 Å². The zero-order valence-corrected chi connectivity index (χ0v) is 16.0. The summed E-state index contributed by atoms with van der Waals surface area (Å²) < 4.78 is 7.58. The average Bonchev–Trinajstić information content (AvgIpc) is 3.46. The molecule has 0 saturated heterocycles. The summed E-state index contributed by atoms with van der Waals surface area (Å²) in [4.78, 5) is 24.3. The number of nitrogens with zero attached hydrogens (tertiary/aromatic N) is 1. The maximum atomic E-state index is 13.1. The molecule has 0 atom stereocenters. The van der Waals surface area contributed by atoms with Crippen LogP contribution in [0.15, 0.2) is 57.9 Å². The Kier molecular flexibility index (Phi) is 4.41. The monoisotopic (exact) mass is 411 g/mol. The van der Waals surface area contributed by atoms with E-state index in [0.29, 0.717) is 17.0 Å². The molecule has 4 nitrogen and oxygen atoms in total. The first-order valence-corrected chi connectivity index (χ1v) is 9.40. The van der Waals surface area contributed by atoms with Crippen molar-refractivity contribution in [3.8, 4) is 5.69 Å². The first-order valence-electron chi connectivity index (χ1n) is 8.61. The van der Waals surface area contributed by atoms with E-state index in [2.05, 4.69) is 28.1 Å². The second-order valence-electron chi connectivity index (χ2n) is 6.63. The van der Waals surface area contributed by atoms with Gasteiger partial charge in [-0.15, -0.1) is 0 Å². The molecule has 0 N–H and O–H groups in total. The summed E-state index contributed by atoms with van der Waals surface area (Å²) in [5, 5.41) is 1.66. The number of ether oxygens (including phenoxy) is 1. The van der Waals surface area contributed by atoms with E-state index in [9.17, 15) is 9.59 Å². The third kappa shape index (κ3) is 3.19. The summed E-state index contributed by atoms with van der Waals surface area (Å²) in [5.74, 6) is 0.299. The highest BCUT2D eigenvalue weighted by molar-refractivity contribution is 9.10. The van der Waals surface area contributed by atoms with Crippen LogP contribution in [0.4, 0.5) is 0 Å². The lowest BCUT2D eigenvalue weighted by atomic mass is 10.1. The number of halogens is 1. The summed E-state index contributed by atoms with van der Waals surface area (Å²) in [7, 11) is 0. The highest BCUT2D eigenvalue weighted by Crippen LogP contribution is 2.40. The van der Waals surface area contributed by atoms with E-state index in [1.807, 2.05) is 30.3 Å². The Hall–Kier alpha value is -2.40. The normalized spacial score (nSPS) is 13.8. The molecule has 1 heterocycles. The standard InChI is InChI=1S/C21H18BrNO3/c1-13(24)26-12-18-19(22)3-2-4-20(18)23-10-9-16-11-15(14-5-6-14)7-8-17(16)21(23)25/h2-4,7-11,14H,5-6,12H2,1H3. The van der Waals surface area contributed by atoms with Gasteiger partial charge < -0.3 is 4.74 Å². The number of fused-ring (bicyclic) bond motifs is 1. The Balaban J connectivity index is 1.83. The number of esters is 1. The van der Waals surface area contributed by atoms with Gasteiger partial charge in [-0.1, -0.05) is 34.1 Å². The summed E-state index contributed by atoms with van der Waals surface area (Å²) in [5.41, 5.74) is 2.71. The molecule has 0 spiro atoms. The second kappa shape index (κ2) is 6.72. The molecule has 0 aliphatic heterocycles. The smallest absolute Gasteiger partial charge is 0.302 e. The minimum atomic E-state index is -0.356. The molecule has 4 rings (SSSR count). The van der Waals surface area contributed by atoms with Gasteiger partial charge in [-0.2, -0.15) is 0 Å². The highest BCUT2D eigenvalue weighted by atomic mass is 79.9. The lowest BCUT2D eigenvalue weighted by Crippen LogP contribution is -2.19. The third-order valence-corrected chi connectivity index (χ3v) is 5.49. The van der Waals surface area contributed by atoms with E-state index < -0.39 is 0 Å². The van der Waals surface area contributed by atoms with Gasteiger partial charge in [0.25, 0.3) is 5.56 Å². The van der Waals surface area contributed by atoms with Crippen LogP contribution < -0.4 is 5.56 Å². The van der Waals surface area contributed by atoms with Gasteiger partial charge in [-0.3, -0.25) is 14.2 Å². The Morgan fingerprint density at radius 3 is 2.77 bits per heavy atom. The fraction of sp³-hybridized carbons (Fsp3) is 0.238. The molecule has 1 aliphatic rings. The van der Waals surface area contributed by atoms with Crippen molar-refractivity contribution in [2.24, 2.45) is 0 Å². The van der Waals surface area contributed by atoms with E-state index in [4.69, 9.17) is 4.74 Å². The molecule has 0 unspecified atom stereocenters. The van der Waals surface area contributed by atoms with Gasteiger partial charge in [0.1, 0.15) is 6.61 Å². The summed E-state index contributed by atoms with van der Waals surface area (Å²) in [6, 6.07) is 13.7. The molecule has 132 valence electrons. The van der Waals surface area contributed by atoms with Crippen LogP contribution in [0, 0.1) is 0 Å². The fourth-order valence-corrected chi connectivity index (χ4v) is 3.69. The SMILES string of the molecule is CC(=O)OCc1c(Br)cccc1-n1ccc2cc(C3CC3)ccc2c1=O. The Morgan fingerprint density at radius 1 is 1.23 bits per heavy atom. The van der Waals surface area contributed by atoms with Crippen LogP contribution in [-0.2, 0) is 16.1 Å². The van der Waals surface area contributed by atoms with E-state index in [1.165, 1.54) is 25.3 Å². The Morgan fingerprint density at radius 2 is 2.04 bits per heavy atom. The number of hydrogen-bond donors (Lipinski definition) is 0. The number of aromatic nitrogens is 1. The number of carbonyl (C=O) groups is 1. The molecule has 0 radical (unpaired) electrons. The van der Waals surface area contributed by atoms with Crippen molar-refractivity contribution in [3.63, 3.8) is 0 Å². The summed E-state index contributed by atoms with van der Waals surface area (Å²) in [6.07, 6.45) is 4.26. The number of carbonyl (C=O) groups excluding carboxylic acids is 1. The maximum absolute atomic E-state index is 13.1. The molecule has 1 aromatic heterocycles. The first kappa shape index (κ1) is 17.0. The summed E-state index contributed by atoms with van der Waals surface area (Å²) >= 11 is 3.49. The van der Waals surface area contributed by atoms with Crippen LogP contribution in [0.2, 0.25) is 0 Å². The zero-order chi connectivity index (χ0) is 18.3. The van der Waals surface area contributed by atoms with Gasteiger partial charge in [-0.05, 0) is 54.0 Å². The van der Waals surface area contributed by atoms with Gasteiger partial charge in [0.15, 0.2) is 0 Å². The van der Waals surface area contributed by atoms with Crippen LogP contribution in [0.5, 0.6) is 0 Å². The van der Waals surface area contributed by atoms with E-state index in [1.54, 1.807) is 10.8 Å². The maximum Gasteiger partial charge on any atom is 0.302 e. The molecule has 0 bridgehead atoms. The zero-order valence-electron chi connectivity index (χ0n) is 14.4. The predicted octanol–water partition coefficient (Wildman–Crippen LogP) is 4.69. The highest BCUT2D eigenvalue weighted by Gasteiger charge is 2.23. The van der Waals surface area contributed by atoms with Crippen molar-refractivity contribution in [2.45, 2.75) is 32.3 Å². The van der Waals surface area contributed by atoms with E-state index >= 15 is 0 Å². The minimum absolute atomic E-state index is 0.0768. The van der Waals surface area contributed by atoms with Crippen molar-refractivity contribution in [2.75, 3.05) is 0 Å². The molecule has 26 heavy (non-hydrogen) atoms. The topological polar surface area (TPSA) is 48.3 Å². The van der Waals surface area contributed by atoms with Crippen molar-refractivity contribution in [1.29, 1.82) is 0 Å². The number of hydrogen-bond acceptors (Lipinski definition) is 3. The van der Waals surface area contributed by atoms with Crippen LogP contribution in [0.3, 0.4) is 0 Å². The number of rotatable bonds is 4. The third-order valence-electron chi connectivity index (χ3n) is 4.75. The van der Waals surface area contributed by atoms with Crippen LogP contribution in [-0.4, -0.2) is 10.5 Å².